The molecule has 2 rings (SSSR count). The Bertz CT molecular complexity index is 447. The maximum Gasteiger partial charge on any atom is 0.244 e. The van der Waals surface area contributed by atoms with Crippen molar-refractivity contribution in [2.45, 2.75) is 19.9 Å². The van der Waals surface area contributed by atoms with Crippen molar-refractivity contribution in [2.75, 3.05) is 43.5 Å². The van der Waals surface area contributed by atoms with Crippen molar-refractivity contribution in [3.05, 3.63) is 18.2 Å². The van der Waals surface area contributed by atoms with Crippen LogP contribution in [0.25, 0.3) is 0 Å². The third kappa shape index (κ3) is 3.84. The van der Waals surface area contributed by atoms with E-state index in [1.807, 2.05) is 36.9 Å². The van der Waals surface area contributed by atoms with E-state index in [1.54, 1.807) is 0 Å². The van der Waals surface area contributed by atoms with Crippen molar-refractivity contribution in [2.24, 2.45) is 0 Å². The third-order valence-electron chi connectivity index (χ3n) is 3.16. The molecule has 0 saturated carbocycles. The van der Waals surface area contributed by atoms with Gasteiger partial charge in [0.1, 0.15) is 17.7 Å². The van der Waals surface area contributed by atoms with Crippen LogP contribution < -0.4 is 10.6 Å². The Morgan fingerprint density at radius 3 is 2.80 bits per heavy atom. The predicted molar refractivity (Wildman–Crippen MR) is 78.9 cm³/mol. The van der Waals surface area contributed by atoms with Crippen LogP contribution in [0.3, 0.4) is 0 Å². The number of carbonyl (C=O) groups excluding carboxylic acids is 1. The molecule has 1 aromatic rings. The lowest BCUT2D eigenvalue weighted by Gasteiger charge is -2.29. The van der Waals surface area contributed by atoms with Crippen LogP contribution in [0.4, 0.5) is 11.6 Å². The minimum atomic E-state index is -0.294. The van der Waals surface area contributed by atoms with Crippen LogP contribution in [0, 0.1) is 0 Å². The Balaban J connectivity index is 1.94. The summed E-state index contributed by atoms with van der Waals surface area (Å²) in [5, 5.41) is 6.31. The minimum Gasteiger partial charge on any atom is -0.378 e. The Morgan fingerprint density at radius 1 is 1.40 bits per heavy atom. The lowest BCUT2D eigenvalue weighted by molar-refractivity contribution is -0.135. The highest BCUT2D eigenvalue weighted by Crippen LogP contribution is 2.11. The molecule has 1 amide bonds. The van der Waals surface area contributed by atoms with Gasteiger partial charge in [0.2, 0.25) is 5.91 Å². The summed E-state index contributed by atoms with van der Waals surface area (Å²) in [6.45, 7) is 7.26. The summed E-state index contributed by atoms with van der Waals surface area (Å²) in [5.74, 6) is 1.60. The van der Waals surface area contributed by atoms with E-state index >= 15 is 0 Å². The average Bonchev–Trinajstić information content (AvgIpc) is 2.48. The van der Waals surface area contributed by atoms with Crippen molar-refractivity contribution < 1.29 is 9.53 Å². The van der Waals surface area contributed by atoms with E-state index in [0.29, 0.717) is 32.1 Å². The van der Waals surface area contributed by atoms with Crippen molar-refractivity contribution in [3.8, 4) is 0 Å². The number of amides is 1. The highest BCUT2D eigenvalue weighted by Gasteiger charge is 2.22. The summed E-state index contributed by atoms with van der Waals surface area (Å²) in [7, 11) is 0. The van der Waals surface area contributed by atoms with Crippen LogP contribution in [0.5, 0.6) is 0 Å². The van der Waals surface area contributed by atoms with E-state index in [4.69, 9.17) is 4.74 Å². The van der Waals surface area contributed by atoms with Crippen LogP contribution in [-0.2, 0) is 9.53 Å². The summed E-state index contributed by atoms with van der Waals surface area (Å²) in [4.78, 5) is 18.5. The van der Waals surface area contributed by atoms with Gasteiger partial charge in [-0.15, -0.1) is 0 Å². The molecular formula is C14H22N4O2. The highest BCUT2D eigenvalue weighted by atomic mass is 16.5. The van der Waals surface area contributed by atoms with Gasteiger partial charge in [0.15, 0.2) is 0 Å². The number of morpholine rings is 1. The average molecular weight is 278 g/mol. The smallest absolute Gasteiger partial charge is 0.244 e. The summed E-state index contributed by atoms with van der Waals surface area (Å²) in [6, 6.07) is 5.39. The second kappa shape index (κ2) is 7.09. The lowest BCUT2D eigenvalue weighted by Crippen LogP contribution is -2.47. The Kier molecular flexibility index (Phi) is 5.17. The number of aromatic nitrogens is 1. The van der Waals surface area contributed by atoms with Gasteiger partial charge in [0.05, 0.1) is 13.2 Å². The van der Waals surface area contributed by atoms with E-state index in [0.717, 1.165) is 12.4 Å². The molecule has 1 saturated heterocycles. The standard InChI is InChI=1S/C14H22N4O2/c1-3-15-12-5-4-6-13(17-12)16-11(2)14(19)18-7-9-20-10-8-18/h4-6,11H,3,7-10H2,1-2H3,(H2,15,16,17). The van der Waals surface area contributed by atoms with Gasteiger partial charge in [-0.2, -0.15) is 0 Å². The molecule has 1 aliphatic heterocycles. The van der Waals surface area contributed by atoms with Crippen molar-refractivity contribution in [1.29, 1.82) is 0 Å². The van der Waals surface area contributed by atoms with Gasteiger partial charge >= 0.3 is 0 Å². The lowest BCUT2D eigenvalue weighted by atomic mass is 10.2. The molecule has 2 N–H and O–H groups in total. The molecule has 1 aromatic heterocycles. The fourth-order valence-electron chi connectivity index (χ4n) is 2.14. The number of carbonyl (C=O) groups is 1. The molecule has 1 unspecified atom stereocenters. The second-order valence-corrected chi connectivity index (χ2v) is 4.74. The monoisotopic (exact) mass is 278 g/mol. The molecule has 0 spiro atoms. The molecule has 0 bridgehead atoms. The molecule has 0 aliphatic carbocycles. The number of anilines is 2. The molecule has 20 heavy (non-hydrogen) atoms. The van der Waals surface area contributed by atoms with Crippen LogP contribution in [-0.4, -0.2) is 54.7 Å². The molecule has 110 valence electrons. The number of nitrogens with one attached hydrogen (secondary N) is 2. The van der Waals surface area contributed by atoms with Gasteiger partial charge in [-0.3, -0.25) is 4.79 Å². The summed E-state index contributed by atoms with van der Waals surface area (Å²) in [6.07, 6.45) is 0. The van der Waals surface area contributed by atoms with E-state index in [9.17, 15) is 4.79 Å². The fourth-order valence-corrected chi connectivity index (χ4v) is 2.14. The Hall–Kier alpha value is -1.82. The van der Waals surface area contributed by atoms with E-state index in [-0.39, 0.29) is 11.9 Å². The fraction of sp³-hybridized carbons (Fsp3) is 0.571. The SMILES string of the molecule is CCNc1cccc(NC(C)C(=O)N2CCOCC2)n1. The van der Waals surface area contributed by atoms with E-state index in [1.165, 1.54) is 0 Å². The molecule has 2 heterocycles. The number of pyridine rings is 1. The number of hydrogen-bond acceptors (Lipinski definition) is 5. The predicted octanol–water partition coefficient (Wildman–Crippen LogP) is 1.17. The molecular weight excluding hydrogens is 256 g/mol. The normalized spacial score (nSPS) is 16.6. The zero-order valence-corrected chi connectivity index (χ0v) is 12.1. The second-order valence-electron chi connectivity index (χ2n) is 4.74. The van der Waals surface area contributed by atoms with E-state index < -0.39 is 0 Å². The minimum absolute atomic E-state index is 0.0870. The van der Waals surface area contributed by atoms with Gasteiger partial charge in [0, 0.05) is 19.6 Å². The topological polar surface area (TPSA) is 66.5 Å². The first-order valence-electron chi connectivity index (χ1n) is 7.04. The van der Waals surface area contributed by atoms with Crippen LogP contribution in [0.2, 0.25) is 0 Å². The number of nitrogens with zero attached hydrogens (tertiary/aromatic N) is 2. The van der Waals surface area contributed by atoms with Crippen LogP contribution in [0.15, 0.2) is 18.2 Å². The van der Waals surface area contributed by atoms with Gasteiger partial charge in [-0.05, 0) is 26.0 Å². The Labute approximate surface area is 119 Å². The van der Waals surface area contributed by atoms with Crippen molar-refractivity contribution in [3.63, 3.8) is 0 Å². The molecule has 0 radical (unpaired) electrons. The number of hydrogen-bond donors (Lipinski definition) is 2. The molecule has 1 fully saturated rings. The highest BCUT2D eigenvalue weighted by molar-refractivity contribution is 5.84. The van der Waals surface area contributed by atoms with Gasteiger partial charge in [-0.1, -0.05) is 6.07 Å². The van der Waals surface area contributed by atoms with Crippen molar-refractivity contribution in [1.82, 2.24) is 9.88 Å². The summed E-state index contributed by atoms with van der Waals surface area (Å²) < 4.78 is 5.26. The van der Waals surface area contributed by atoms with Crippen molar-refractivity contribution >= 4 is 17.5 Å². The van der Waals surface area contributed by atoms with Crippen LogP contribution in [0.1, 0.15) is 13.8 Å². The van der Waals surface area contributed by atoms with Crippen LogP contribution >= 0.6 is 0 Å². The zero-order valence-electron chi connectivity index (χ0n) is 12.1. The molecule has 6 nitrogen and oxygen atoms in total. The summed E-state index contributed by atoms with van der Waals surface area (Å²) in [5.41, 5.74) is 0. The largest absolute Gasteiger partial charge is 0.378 e. The maximum absolute atomic E-state index is 12.3. The molecule has 0 aromatic carbocycles. The number of ether oxygens (including phenoxy) is 1. The van der Waals surface area contributed by atoms with Gasteiger partial charge in [0.25, 0.3) is 0 Å². The third-order valence-corrected chi connectivity index (χ3v) is 3.16. The quantitative estimate of drug-likeness (QED) is 0.846. The zero-order chi connectivity index (χ0) is 14.4. The first-order valence-corrected chi connectivity index (χ1v) is 7.04. The van der Waals surface area contributed by atoms with Gasteiger partial charge in [-0.25, -0.2) is 4.98 Å². The first-order chi connectivity index (χ1) is 9.70. The molecule has 6 heteroatoms. The molecule has 1 atom stereocenters. The number of rotatable bonds is 5. The van der Waals surface area contributed by atoms with Gasteiger partial charge < -0.3 is 20.3 Å². The van der Waals surface area contributed by atoms with E-state index in [2.05, 4.69) is 15.6 Å². The Morgan fingerprint density at radius 2 is 2.10 bits per heavy atom. The summed E-state index contributed by atoms with van der Waals surface area (Å²) >= 11 is 0. The maximum atomic E-state index is 12.3. The molecule has 1 aliphatic rings. The first kappa shape index (κ1) is 14.6.